The van der Waals surface area contributed by atoms with Crippen molar-refractivity contribution in [3.8, 4) is 0 Å². The van der Waals surface area contributed by atoms with E-state index in [0.29, 0.717) is 13.1 Å². The summed E-state index contributed by atoms with van der Waals surface area (Å²) in [5, 5.41) is 15.2. The summed E-state index contributed by atoms with van der Waals surface area (Å²) in [4.78, 5) is 10.6. The molecule has 0 aliphatic heterocycles. The van der Waals surface area contributed by atoms with E-state index in [4.69, 9.17) is 33.8 Å². The van der Waals surface area contributed by atoms with Crippen LogP contribution in [0.25, 0.3) is 0 Å². The molecule has 0 unspecified atom stereocenters. The number of nitrogens with zero attached hydrogens (tertiary/aromatic N) is 4. The van der Waals surface area contributed by atoms with Crippen LogP contribution in [-0.2, 0) is 0 Å². The van der Waals surface area contributed by atoms with Crippen LogP contribution < -0.4 is 22.9 Å². The third-order valence-electron chi connectivity index (χ3n) is 2.84. The van der Waals surface area contributed by atoms with E-state index in [1.165, 1.54) is 0 Å². The van der Waals surface area contributed by atoms with Gasteiger partial charge in [-0.1, -0.05) is 24.3 Å². The predicted octanol–water partition coefficient (Wildman–Crippen LogP) is -0.841. The summed E-state index contributed by atoms with van der Waals surface area (Å²) in [6.45, 7) is 1.27. The summed E-state index contributed by atoms with van der Waals surface area (Å²) in [7, 11) is 3.50. The Morgan fingerprint density at radius 3 is 1.42 bits per heavy atom. The second-order valence-electron chi connectivity index (χ2n) is 5.00. The van der Waals surface area contributed by atoms with E-state index >= 15 is 0 Å². The maximum Gasteiger partial charge on any atom is 0.220 e. The molecule has 0 aromatic rings. The van der Waals surface area contributed by atoms with Gasteiger partial charge in [-0.25, -0.2) is 0 Å². The van der Waals surface area contributed by atoms with Gasteiger partial charge in [0, 0.05) is 27.2 Å². The van der Waals surface area contributed by atoms with Gasteiger partial charge >= 0.3 is 0 Å². The number of nitrogens with one attached hydrogen (secondary N) is 2. The monoisotopic (exact) mass is 336 g/mol. The van der Waals surface area contributed by atoms with Gasteiger partial charge in [-0.3, -0.25) is 10.8 Å². The fourth-order valence-electron chi connectivity index (χ4n) is 1.51. The Hall–Kier alpha value is -3.04. The number of hydrogen-bond acceptors (Lipinski definition) is 2. The van der Waals surface area contributed by atoms with Crippen molar-refractivity contribution < 1.29 is 0 Å². The van der Waals surface area contributed by atoms with Crippen LogP contribution in [0.2, 0.25) is 0 Å². The molecule has 10 heteroatoms. The number of aliphatic imine (C=N–C) groups is 2. The zero-order chi connectivity index (χ0) is 18.5. The van der Waals surface area contributed by atoms with Gasteiger partial charge in [0.15, 0.2) is 11.9 Å². The van der Waals surface area contributed by atoms with Crippen molar-refractivity contribution in [2.45, 2.75) is 12.8 Å². The normalized spacial score (nSPS) is 10.6. The zero-order valence-corrected chi connectivity index (χ0v) is 14.2. The maximum atomic E-state index is 7.61. The van der Waals surface area contributed by atoms with E-state index in [1.54, 1.807) is 23.9 Å². The van der Waals surface area contributed by atoms with Crippen molar-refractivity contribution in [2.75, 3.05) is 27.2 Å². The molecule has 0 aliphatic rings. The molecule has 0 aromatic carbocycles. The second kappa shape index (κ2) is 11.5. The van der Waals surface area contributed by atoms with Crippen LogP contribution in [0.5, 0.6) is 0 Å². The third-order valence-corrected chi connectivity index (χ3v) is 2.84. The Morgan fingerprint density at radius 2 is 1.12 bits per heavy atom. The first-order valence-electron chi connectivity index (χ1n) is 7.34. The van der Waals surface area contributed by atoms with Gasteiger partial charge in [0.25, 0.3) is 0 Å². The average Bonchev–Trinajstić information content (AvgIpc) is 2.47. The highest BCUT2D eigenvalue weighted by molar-refractivity contribution is 5.92. The lowest BCUT2D eigenvalue weighted by atomic mass is 10.3. The summed E-state index contributed by atoms with van der Waals surface area (Å²) < 4.78 is 0. The SMILES string of the molecule is CN(CC/C=C\C=C/CCN(C)C(=N)N=C(N)N)C(=N)N=C(N)N. The van der Waals surface area contributed by atoms with Crippen LogP contribution in [0.4, 0.5) is 0 Å². The Bertz CT molecular complexity index is 476. The predicted molar refractivity (Wildman–Crippen MR) is 99.8 cm³/mol. The van der Waals surface area contributed by atoms with Gasteiger partial charge in [-0.2, -0.15) is 9.98 Å². The number of hydrogen-bond donors (Lipinski definition) is 6. The van der Waals surface area contributed by atoms with Crippen LogP contribution >= 0.6 is 0 Å². The second-order valence-corrected chi connectivity index (χ2v) is 5.00. The van der Waals surface area contributed by atoms with Gasteiger partial charge in [-0.05, 0) is 12.8 Å². The van der Waals surface area contributed by atoms with Gasteiger partial charge in [0.1, 0.15) is 0 Å². The van der Waals surface area contributed by atoms with Crippen LogP contribution in [0.1, 0.15) is 12.8 Å². The topological polar surface area (TPSA) is 183 Å². The Kier molecular flexibility index (Phi) is 10.1. The Morgan fingerprint density at radius 1 is 0.792 bits per heavy atom. The minimum absolute atomic E-state index is 0.0326. The van der Waals surface area contributed by atoms with Crippen LogP contribution in [-0.4, -0.2) is 60.8 Å². The molecule has 0 aliphatic carbocycles. The van der Waals surface area contributed by atoms with Crippen molar-refractivity contribution in [2.24, 2.45) is 32.9 Å². The minimum atomic E-state index is -0.122. The molecule has 0 spiro atoms. The molecule has 0 atom stereocenters. The van der Waals surface area contributed by atoms with Gasteiger partial charge in [-0.15, -0.1) is 0 Å². The molecular formula is C14H28N10. The molecule has 10 nitrogen and oxygen atoms in total. The van der Waals surface area contributed by atoms with Crippen molar-refractivity contribution >= 4 is 23.8 Å². The van der Waals surface area contributed by atoms with Crippen LogP contribution in [0, 0.1) is 10.8 Å². The highest BCUT2D eigenvalue weighted by Crippen LogP contribution is 1.95. The van der Waals surface area contributed by atoms with E-state index in [-0.39, 0.29) is 23.8 Å². The lowest BCUT2D eigenvalue weighted by Gasteiger charge is -2.15. The molecule has 0 fully saturated rings. The van der Waals surface area contributed by atoms with Crippen molar-refractivity contribution in [3.63, 3.8) is 0 Å². The lowest BCUT2D eigenvalue weighted by molar-refractivity contribution is 0.503. The van der Waals surface area contributed by atoms with E-state index < -0.39 is 0 Å². The fraction of sp³-hybridized carbons (Fsp3) is 0.429. The summed E-state index contributed by atoms with van der Waals surface area (Å²) in [6, 6.07) is 0. The average molecular weight is 336 g/mol. The van der Waals surface area contributed by atoms with Crippen molar-refractivity contribution in [3.05, 3.63) is 24.3 Å². The highest BCUT2D eigenvalue weighted by Gasteiger charge is 2.01. The molecular weight excluding hydrogens is 308 g/mol. The van der Waals surface area contributed by atoms with E-state index in [2.05, 4.69) is 9.98 Å². The first-order chi connectivity index (χ1) is 11.2. The van der Waals surface area contributed by atoms with Gasteiger partial charge < -0.3 is 32.7 Å². The summed E-state index contributed by atoms with van der Waals surface area (Å²) >= 11 is 0. The molecule has 0 radical (unpaired) electrons. The molecule has 0 bridgehead atoms. The first kappa shape index (κ1) is 21.0. The number of rotatable bonds is 7. The van der Waals surface area contributed by atoms with Gasteiger partial charge in [0.2, 0.25) is 11.9 Å². The fourth-order valence-corrected chi connectivity index (χ4v) is 1.51. The molecule has 0 saturated heterocycles. The van der Waals surface area contributed by atoms with E-state index in [9.17, 15) is 0 Å². The smallest absolute Gasteiger partial charge is 0.220 e. The molecule has 0 aromatic heterocycles. The number of allylic oxidation sites excluding steroid dienone is 2. The third kappa shape index (κ3) is 10.7. The molecule has 0 saturated carbocycles. The highest BCUT2D eigenvalue weighted by atomic mass is 15.3. The first-order valence-corrected chi connectivity index (χ1v) is 7.34. The summed E-state index contributed by atoms with van der Waals surface area (Å²) in [6.07, 6.45) is 9.36. The zero-order valence-electron chi connectivity index (χ0n) is 14.2. The van der Waals surface area contributed by atoms with Crippen LogP contribution in [0.15, 0.2) is 34.3 Å². The molecule has 24 heavy (non-hydrogen) atoms. The van der Waals surface area contributed by atoms with Crippen LogP contribution in [0.3, 0.4) is 0 Å². The number of guanidine groups is 4. The van der Waals surface area contributed by atoms with Gasteiger partial charge in [0.05, 0.1) is 0 Å². The maximum absolute atomic E-state index is 7.61. The molecule has 10 N–H and O–H groups in total. The quantitative estimate of drug-likeness (QED) is 0.200. The summed E-state index contributed by atoms with van der Waals surface area (Å²) in [5.74, 6) is -0.179. The number of nitrogens with two attached hydrogens (primary N) is 4. The van der Waals surface area contributed by atoms with Crippen molar-refractivity contribution in [1.82, 2.24) is 9.80 Å². The standard InChI is InChI=1S/C14H28N10/c1-23(13(19)21-11(15)16)9-7-5-3-4-6-8-10-24(2)14(20)22-12(17)18/h3-6H,7-10H2,1-2H3,(H5,15,16,19,21)(H5,17,18,20,22)/b5-3-,6-4-. The molecule has 0 heterocycles. The summed E-state index contributed by atoms with van der Waals surface area (Å²) in [5.41, 5.74) is 20.9. The van der Waals surface area contributed by atoms with E-state index in [1.807, 2.05) is 24.3 Å². The van der Waals surface area contributed by atoms with Crippen molar-refractivity contribution in [1.29, 1.82) is 10.8 Å². The van der Waals surface area contributed by atoms with E-state index in [0.717, 1.165) is 12.8 Å². The minimum Gasteiger partial charge on any atom is -0.370 e. The lowest BCUT2D eigenvalue weighted by Crippen LogP contribution is -2.31. The Balaban J connectivity index is 3.98. The molecule has 0 rings (SSSR count). The molecule has 0 amide bonds. The molecule has 134 valence electrons. The Labute approximate surface area is 142 Å². The largest absolute Gasteiger partial charge is 0.370 e.